The highest BCUT2D eigenvalue weighted by Crippen LogP contribution is 2.26. The predicted molar refractivity (Wildman–Crippen MR) is 81.3 cm³/mol. The Kier molecular flexibility index (Phi) is 4.19. The van der Waals surface area contributed by atoms with Gasteiger partial charge in [0.1, 0.15) is 5.82 Å². The van der Waals surface area contributed by atoms with Crippen LogP contribution in [0.15, 0.2) is 40.9 Å². The molecule has 2 aromatic rings. The van der Waals surface area contributed by atoms with Crippen LogP contribution in [0.4, 0.5) is 15.8 Å². The summed E-state index contributed by atoms with van der Waals surface area (Å²) in [5.74, 6) is -0.441. The number of nitrogens with one attached hydrogen (secondary N) is 1. The summed E-state index contributed by atoms with van der Waals surface area (Å²) in [6, 6.07) is 11.9. The second-order valence-corrected chi connectivity index (χ2v) is 5.58. The lowest BCUT2D eigenvalue weighted by molar-refractivity contribution is 0.631. The van der Waals surface area contributed by atoms with E-state index in [0.29, 0.717) is 11.3 Å². The summed E-state index contributed by atoms with van der Waals surface area (Å²) >= 11 is 5.62. The van der Waals surface area contributed by atoms with Gasteiger partial charge in [-0.15, -0.1) is 0 Å². The molecule has 18 heavy (non-hydrogen) atoms. The molecule has 0 bridgehead atoms. The standard InChI is InChI=1S/C13H7BrFIN2/c14-10-6-9(2-3-12(10)16)18-13-4-1-8(7-17)5-11(13)15/h1-6,18H. The summed E-state index contributed by atoms with van der Waals surface area (Å²) in [6.45, 7) is 0. The average molecular weight is 417 g/mol. The molecule has 2 rings (SSSR count). The quantitative estimate of drug-likeness (QED) is 0.713. The highest BCUT2D eigenvalue weighted by Gasteiger charge is 2.05. The van der Waals surface area contributed by atoms with Crippen LogP contribution in [-0.2, 0) is 0 Å². The number of halogens is 3. The van der Waals surface area contributed by atoms with Crippen LogP contribution < -0.4 is 5.32 Å². The highest BCUT2D eigenvalue weighted by atomic mass is 127. The number of benzene rings is 2. The first-order valence-corrected chi connectivity index (χ1v) is 6.89. The normalized spacial score (nSPS) is 9.89. The first-order valence-electron chi connectivity index (χ1n) is 5.02. The van der Waals surface area contributed by atoms with Gasteiger partial charge in [-0.1, -0.05) is 0 Å². The largest absolute Gasteiger partial charge is 0.353 e. The molecule has 0 aliphatic heterocycles. The number of hydrogen-bond acceptors (Lipinski definition) is 2. The van der Waals surface area contributed by atoms with Crippen molar-refractivity contribution < 1.29 is 4.39 Å². The van der Waals surface area contributed by atoms with Crippen molar-refractivity contribution in [3.63, 3.8) is 0 Å². The molecule has 0 saturated heterocycles. The Labute approximate surface area is 126 Å². The third kappa shape index (κ3) is 3.00. The van der Waals surface area contributed by atoms with Crippen LogP contribution in [0.1, 0.15) is 5.56 Å². The van der Waals surface area contributed by atoms with E-state index in [2.05, 4.69) is 43.8 Å². The highest BCUT2D eigenvalue weighted by molar-refractivity contribution is 14.1. The zero-order chi connectivity index (χ0) is 13.1. The molecule has 0 heterocycles. The van der Waals surface area contributed by atoms with Crippen molar-refractivity contribution in [1.29, 1.82) is 5.26 Å². The van der Waals surface area contributed by atoms with Crippen molar-refractivity contribution in [3.05, 3.63) is 55.8 Å². The Balaban J connectivity index is 2.29. The van der Waals surface area contributed by atoms with E-state index >= 15 is 0 Å². The lowest BCUT2D eigenvalue weighted by Gasteiger charge is -2.08. The lowest BCUT2D eigenvalue weighted by Crippen LogP contribution is -1.94. The first-order chi connectivity index (χ1) is 8.60. The van der Waals surface area contributed by atoms with Gasteiger partial charge in [0, 0.05) is 13.7 Å². The van der Waals surface area contributed by atoms with Crippen LogP contribution in [0, 0.1) is 20.7 Å². The van der Waals surface area contributed by atoms with E-state index in [0.717, 1.165) is 13.7 Å². The number of rotatable bonds is 2. The van der Waals surface area contributed by atoms with E-state index in [9.17, 15) is 4.39 Å². The Morgan fingerprint density at radius 3 is 2.61 bits per heavy atom. The van der Waals surface area contributed by atoms with E-state index in [1.807, 2.05) is 24.3 Å². The smallest absolute Gasteiger partial charge is 0.147 e. The van der Waals surface area contributed by atoms with Crippen molar-refractivity contribution in [2.45, 2.75) is 0 Å². The zero-order valence-corrected chi connectivity index (χ0v) is 12.8. The monoisotopic (exact) mass is 416 g/mol. The summed E-state index contributed by atoms with van der Waals surface area (Å²) in [5.41, 5.74) is 1.44. The zero-order valence-electron chi connectivity index (χ0n) is 9.05. The van der Waals surface area contributed by atoms with Gasteiger partial charge in [-0.2, -0.15) is 5.26 Å². The molecule has 0 saturated carbocycles. The van der Waals surface area contributed by atoms with Crippen molar-refractivity contribution in [1.82, 2.24) is 0 Å². The molecule has 0 atom stereocenters. The maximum absolute atomic E-state index is 13.7. The van der Waals surface area contributed by atoms with Crippen LogP contribution in [0.5, 0.6) is 0 Å². The number of anilines is 2. The van der Waals surface area contributed by atoms with Gasteiger partial charge in [0.05, 0.1) is 17.3 Å². The van der Waals surface area contributed by atoms with Crippen molar-refractivity contribution in [2.75, 3.05) is 5.32 Å². The third-order valence-corrected chi connectivity index (χ3v) is 4.63. The Hall–Kier alpha value is -1.13. The lowest BCUT2D eigenvalue weighted by atomic mass is 10.2. The van der Waals surface area contributed by atoms with Crippen LogP contribution in [0.25, 0.3) is 0 Å². The van der Waals surface area contributed by atoms with E-state index < -0.39 is 5.82 Å². The molecule has 0 amide bonds. The van der Waals surface area contributed by atoms with Gasteiger partial charge in [0.25, 0.3) is 0 Å². The summed E-state index contributed by atoms with van der Waals surface area (Å²) in [5, 5.41) is 11.6. The minimum Gasteiger partial charge on any atom is -0.353 e. The average Bonchev–Trinajstić information content (AvgIpc) is 2.36. The summed E-state index contributed by atoms with van der Waals surface area (Å²) in [7, 11) is 0. The third-order valence-electron chi connectivity index (χ3n) is 2.30. The Bertz CT molecular complexity index is 637. The molecule has 2 aromatic carbocycles. The summed E-state index contributed by atoms with van der Waals surface area (Å²) in [4.78, 5) is 0. The maximum Gasteiger partial charge on any atom is 0.147 e. The van der Waals surface area contributed by atoms with Gasteiger partial charge in [0.15, 0.2) is 0 Å². The second-order valence-electron chi connectivity index (χ2n) is 3.56. The Morgan fingerprint density at radius 1 is 1.22 bits per heavy atom. The molecule has 90 valence electrons. The van der Waals surface area contributed by atoms with E-state index in [1.54, 1.807) is 12.1 Å². The molecular formula is C13H7BrFIN2. The fraction of sp³-hybridized carbons (Fsp3) is 0. The van der Waals surface area contributed by atoms with E-state index in [4.69, 9.17) is 5.26 Å². The van der Waals surface area contributed by atoms with Crippen molar-refractivity contribution in [3.8, 4) is 6.07 Å². The molecule has 2 nitrogen and oxygen atoms in total. The van der Waals surface area contributed by atoms with Crippen LogP contribution >= 0.6 is 38.5 Å². The summed E-state index contributed by atoms with van der Waals surface area (Å²) in [6.07, 6.45) is 0. The fourth-order valence-corrected chi connectivity index (χ4v) is 2.13. The first kappa shape index (κ1) is 13.3. The molecule has 0 radical (unpaired) electrons. The van der Waals surface area contributed by atoms with Gasteiger partial charge in [-0.05, 0) is 74.9 Å². The van der Waals surface area contributed by atoms with Gasteiger partial charge < -0.3 is 5.32 Å². The van der Waals surface area contributed by atoms with Gasteiger partial charge >= 0.3 is 0 Å². The number of nitrogens with zero attached hydrogens (tertiary/aromatic N) is 1. The second kappa shape index (κ2) is 5.67. The van der Waals surface area contributed by atoms with Crippen LogP contribution in [0.3, 0.4) is 0 Å². The molecule has 5 heteroatoms. The van der Waals surface area contributed by atoms with Gasteiger partial charge in [0.2, 0.25) is 0 Å². The maximum atomic E-state index is 13.7. The van der Waals surface area contributed by atoms with E-state index in [1.165, 1.54) is 6.07 Å². The molecule has 0 aliphatic rings. The molecule has 1 N–H and O–H groups in total. The minimum absolute atomic E-state index is 0.307. The molecule has 0 aromatic heterocycles. The SMILES string of the molecule is N#Cc1ccc(Nc2ccc(I)c(Br)c2)c(F)c1. The number of hydrogen-bond donors (Lipinski definition) is 1. The van der Waals surface area contributed by atoms with Gasteiger partial charge in [-0.25, -0.2) is 4.39 Å². The molecule has 0 unspecified atom stereocenters. The summed E-state index contributed by atoms with van der Waals surface area (Å²) < 4.78 is 15.7. The van der Waals surface area contributed by atoms with Crippen molar-refractivity contribution in [2.24, 2.45) is 0 Å². The molecule has 0 fully saturated rings. The van der Waals surface area contributed by atoms with Crippen LogP contribution in [-0.4, -0.2) is 0 Å². The van der Waals surface area contributed by atoms with Crippen molar-refractivity contribution >= 4 is 49.9 Å². The van der Waals surface area contributed by atoms with Crippen LogP contribution in [0.2, 0.25) is 0 Å². The van der Waals surface area contributed by atoms with Gasteiger partial charge in [-0.3, -0.25) is 0 Å². The van der Waals surface area contributed by atoms with E-state index in [-0.39, 0.29) is 0 Å². The molecule has 0 aliphatic carbocycles. The Morgan fingerprint density at radius 2 is 2.00 bits per heavy atom. The minimum atomic E-state index is -0.441. The predicted octanol–water partition coefficient (Wildman–Crippen LogP) is 4.81. The molecular weight excluding hydrogens is 410 g/mol. The fourth-order valence-electron chi connectivity index (χ4n) is 1.42. The topological polar surface area (TPSA) is 35.8 Å². The number of nitriles is 1. The molecule has 0 spiro atoms.